The molecule has 0 radical (unpaired) electrons. The number of sulfonamides is 1. The van der Waals surface area contributed by atoms with Gasteiger partial charge in [-0.05, 0) is 48.7 Å². The molecular formula is C26H22F3N3O3S2. The first-order valence-corrected chi connectivity index (χ1v) is 13.8. The van der Waals surface area contributed by atoms with E-state index >= 15 is 0 Å². The summed E-state index contributed by atoms with van der Waals surface area (Å²) in [7, 11) is -3.93. The van der Waals surface area contributed by atoms with Crippen molar-refractivity contribution in [3.63, 3.8) is 0 Å². The zero-order valence-corrected chi connectivity index (χ0v) is 21.1. The van der Waals surface area contributed by atoms with Crippen LogP contribution in [0.1, 0.15) is 18.4 Å². The minimum atomic E-state index is -3.93. The fraction of sp³-hybridized carbons (Fsp3) is 0.231. The Hall–Kier alpha value is -3.28. The third kappa shape index (κ3) is 5.25. The number of rotatable bonds is 6. The molecule has 37 heavy (non-hydrogen) atoms. The van der Waals surface area contributed by atoms with Gasteiger partial charge in [0.2, 0.25) is 15.9 Å². The minimum Gasteiger partial charge on any atom is -0.283 e. The van der Waals surface area contributed by atoms with Crippen molar-refractivity contribution in [2.45, 2.75) is 24.3 Å². The molecule has 2 heterocycles. The molecule has 0 saturated carbocycles. The number of piperidine rings is 1. The highest BCUT2D eigenvalue weighted by Crippen LogP contribution is 2.34. The van der Waals surface area contributed by atoms with Crippen LogP contribution in [0.3, 0.4) is 0 Å². The van der Waals surface area contributed by atoms with Gasteiger partial charge >= 0.3 is 0 Å². The Morgan fingerprint density at radius 2 is 1.76 bits per heavy atom. The second-order valence-electron chi connectivity index (χ2n) is 8.80. The van der Waals surface area contributed by atoms with Gasteiger partial charge in [0, 0.05) is 19.2 Å². The second-order valence-corrected chi connectivity index (χ2v) is 11.7. The number of benzene rings is 3. The van der Waals surface area contributed by atoms with Crippen molar-refractivity contribution in [1.29, 1.82) is 0 Å². The van der Waals surface area contributed by atoms with Crippen molar-refractivity contribution in [1.82, 2.24) is 9.29 Å². The lowest BCUT2D eigenvalue weighted by atomic mass is 9.98. The fourth-order valence-electron chi connectivity index (χ4n) is 4.41. The average molecular weight is 546 g/mol. The molecular weight excluding hydrogens is 523 g/mol. The van der Waals surface area contributed by atoms with Gasteiger partial charge in [-0.1, -0.05) is 41.7 Å². The van der Waals surface area contributed by atoms with Crippen molar-refractivity contribution in [3.8, 4) is 0 Å². The molecule has 1 aliphatic rings. The summed E-state index contributed by atoms with van der Waals surface area (Å²) < 4.78 is 69.4. The van der Waals surface area contributed by atoms with Crippen molar-refractivity contribution in [2.24, 2.45) is 5.92 Å². The quantitative estimate of drug-likeness (QED) is 0.328. The molecule has 0 spiro atoms. The van der Waals surface area contributed by atoms with E-state index in [1.54, 1.807) is 0 Å². The smallest absolute Gasteiger partial charge is 0.243 e. The van der Waals surface area contributed by atoms with Gasteiger partial charge in [-0.15, -0.1) is 0 Å². The number of amides is 1. The summed E-state index contributed by atoms with van der Waals surface area (Å²) in [6, 6.07) is 15.6. The second kappa shape index (κ2) is 10.2. The number of halogens is 3. The van der Waals surface area contributed by atoms with Crippen molar-refractivity contribution >= 4 is 42.6 Å². The van der Waals surface area contributed by atoms with E-state index in [4.69, 9.17) is 0 Å². The van der Waals surface area contributed by atoms with Crippen molar-refractivity contribution in [2.75, 3.05) is 18.0 Å². The number of fused-ring (bicyclic) bond motifs is 1. The molecule has 1 fully saturated rings. The molecule has 1 aliphatic heterocycles. The molecule has 0 N–H and O–H groups in total. The van der Waals surface area contributed by atoms with E-state index in [2.05, 4.69) is 4.98 Å². The van der Waals surface area contributed by atoms with Crippen LogP contribution >= 0.6 is 11.3 Å². The highest BCUT2D eigenvalue weighted by Gasteiger charge is 2.36. The van der Waals surface area contributed by atoms with Crippen molar-refractivity contribution < 1.29 is 26.4 Å². The monoisotopic (exact) mass is 545 g/mol. The standard InChI is InChI=1S/C26H22F3N3O3S2/c27-19-8-10-21(11-9-19)37(34,35)31-12-4-7-18(16-31)25(33)32(15-17-5-2-1-3-6-17)26-30-24-22(29)13-20(28)14-23(24)36-26/h1-3,5-6,8-11,13-14,18H,4,7,12,15-16H2. The molecule has 0 aliphatic carbocycles. The van der Waals surface area contributed by atoms with E-state index < -0.39 is 33.4 Å². The lowest BCUT2D eigenvalue weighted by Crippen LogP contribution is -2.46. The zero-order chi connectivity index (χ0) is 26.2. The van der Waals surface area contributed by atoms with Gasteiger partial charge in [0.15, 0.2) is 10.9 Å². The van der Waals surface area contributed by atoms with Crippen LogP contribution in [0.25, 0.3) is 10.2 Å². The van der Waals surface area contributed by atoms with Crippen LogP contribution in [0.4, 0.5) is 18.3 Å². The number of aromatic nitrogens is 1. The van der Waals surface area contributed by atoms with E-state index in [0.717, 1.165) is 35.1 Å². The number of carbonyl (C=O) groups is 1. The lowest BCUT2D eigenvalue weighted by molar-refractivity contribution is -0.123. The van der Waals surface area contributed by atoms with E-state index in [1.165, 1.54) is 27.4 Å². The molecule has 1 saturated heterocycles. The Labute approximate surface area is 216 Å². The van der Waals surface area contributed by atoms with Gasteiger partial charge in [0.25, 0.3) is 0 Å². The number of hydrogen-bond acceptors (Lipinski definition) is 5. The summed E-state index contributed by atoms with van der Waals surface area (Å²) in [6.45, 7) is 0.302. The van der Waals surface area contributed by atoms with Gasteiger partial charge in [-0.25, -0.2) is 26.6 Å². The largest absolute Gasteiger partial charge is 0.283 e. The highest BCUT2D eigenvalue weighted by atomic mass is 32.2. The van der Waals surface area contributed by atoms with Crippen LogP contribution in [-0.4, -0.2) is 36.7 Å². The lowest BCUT2D eigenvalue weighted by Gasteiger charge is -2.33. The molecule has 192 valence electrons. The van der Waals surface area contributed by atoms with Gasteiger partial charge < -0.3 is 0 Å². The minimum absolute atomic E-state index is 0.0311. The molecule has 1 unspecified atom stereocenters. The first-order chi connectivity index (χ1) is 17.7. The highest BCUT2D eigenvalue weighted by molar-refractivity contribution is 7.89. The maximum absolute atomic E-state index is 14.4. The molecule has 4 aromatic rings. The number of thiazole rings is 1. The Kier molecular flexibility index (Phi) is 7.02. The van der Waals surface area contributed by atoms with Gasteiger partial charge in [0.1, 0.15) is 17.2 Å². The van der Waals surface area contributed by atoms with Crippen LogP contribution < -0.4 is 4.90 Å². The Morgan fingerprint density at radius 1 is 1.03 bits per heavy atom. The van der Waals surface area contributed by atoms with Crippen LogP contribution in [-0.2, 0) is 21.4 Å². The predicted octanol–water partition coefficient (Wildman–Crippen LogP) is 5.35. The van der Waals surface area contributed by atoms with E-state index in [9.17, 15) is 26.4 Å². The molecule has 1 amide bonds. The fourth-order valence-corrected chi connectivity index (χ4v) is 6.94. The maximum Gasteiger partial charge on any atom is 0.243 e. The summed E-state index contributed by atoms with van der Waals surface area (Å²) in [5.41, 5.74) is 0.768. The first-order valence-electron chi connectivity index (χ1n) is 11.6. The van der Waals surface area contributed by atoms with Crippen LogP contribution in [0.15, 0.2) is 71.6 Å². The maximum atomic E-state index is 14.4. The zero-order valence-electron chi connectivity index (χ0n) is 19.5. The average Bonchev–Trinajstić information content (AvgIpc) is 3.32. The summed E-state index contributed by atoms with van der Waals surface area (Å²) >= 11 is 0.996. The van der Waals surface area contributed by atoms with E-state index in [0.29, 0.717) is 12.8 Å². The van der Waals surface area contributed by atoms with Crippen molar-refractivity contribution in [3.05, 3.63) is 89.7 Å². The normalized spacial score (nSPS) is 16.7. The van der Waals surface area contributed by atoms with Crippen LogP contribution in [0.5, 0.6) is 0 Å². The summed E-state index contributed by atoms with van der Waals surface area (Å²) in [4.78, 5) is 19.5. The van der Waals surface area contributed by atoms with E-state index in [-0.39, 0.29) is 45.8 Å². The number of carbonyl (C=O) groups excluding carboxylic acids is 1. The Balaban J connectivity index is 1.46. The number of hydrogen-bond donors (Lipinski definition) is 0. The van der Waals surface area contributed by atoms with Crippen LogP contribution in [0, 0.1) is 23.4 Å². The van der Waals surface area contributed by atoms with Gasteiger partial charge in [-0.3, -0.25) is 9.69 Å². The SMILES string of the molecule is O=C(C1CCCN(S(=O)(=O)c2ccc(F)cc2)C1)N(Cc1ccccc1)c1nc2c(F)cc(F)cc2s1. The molecule has 11 heteroatoms. The summed E-state index contributed by atoms with van der Waals surface area (Å²) in [5, 5.41) is 0.201. The third-order valence-electron chi connectivity index (χ3n) is 6.27. The molecule has 1 aromatic heterocycles. The molecule has 3 aromatic carbocycles. The summed E-state index contributed by atoms with van der Waals surface area (Å²) in [6.07, 6.45) is 0.906. The number of anilines is 1. The molecule has 6 nitrogen and oxygen atoms in total. The molecule has 0 bridgehead atoms. The predicted molar refractivity (Wildman–Crippen MR) is 135 cm³/mol. The third-order valence-corrected chi connectivity index (χ3v) is 9.17. The van der Waals surface area contributed by atoms with E-state index in [1.807, 2.05) is 30.3 Å². The molecule has 5 rings (SSSR count). The van der Waals surface area contributed by atoms with Crippen LogP contribution in [0.2, 0.25) is 0 Å². The molecule has 1 atom stereocenters. The Morgan fingerprint density at radius 3 is 2.49 bits per heavy atom. The van der Waals surface area contributed by atoms with Gasteiger partial charge in [-0.2, -0.15) is 4.31 Å². The first kappa shape index (κ1) is 25.4. The Bertz CT molecular complexity index is 1540. The number of nitrogens with zero attached hydrogens (tertiary/aromatic N) is 3. The topological polar surface area (TPSA) is 70.6 Å². The summed E-state index contributed by atoms with van der Waals surface area (Å²) in [5.74, 6) is -3.15. The van der Waals surface area contributed by atoms with Gasteiger partial charge in [0.05, 0.1) is 22.1 Å².